The van der Waals surface area contributed by atoms with Gasteiger partial charge >= 0.3 is 11.7 Å². The largest absolute Gasteiger partial charge is 0.494 e. The van der Waals surface area contributed by atoms with Gasteiger partial charge in [0.15, 0.2) is 6.10 Å². The van der Waals surface area contributed by atoms with Gasteiger partial charge in [0, 0.05) is 5.56 Å². The molecule has 0 saturated carbocycles. The molecule has 1 aromatic heterocycles. The van der Waals surface area contributed by atoms with E-state index in [4.69, 9.17) is 9.47 Å². The van der Waals surface area contributed by atoms with Crippen LogP contribution < -0.4 is 4.74 Å². The summed E-state index contributed by atoms with van der Waals surface area (Å²) in [6, 6.07) is 6.53. The summed E-state index contributed by atoms with van der Waals surface area (Å²) in [5.74, 6) is -0.419. The highest BCUT2D eigenvalue weighted by Gasteiger charge is 2.25. The maximum Gasteiger partial charge on any atom is 0.328 e. The number of benzene rings is 1. The number of esters is 1. The number of aryl methyl sites for hydroxylation is 1. The lowest BCUT2D eigenvalue weighted by Gasteiger charge is -2.13. The highest BCUT2D eigenvalue weighted by atomic mass is 16.6. The number of carbonyl (C=O) groups is 2. The van der Waals surface area contributed by atoms with E-state index in [0.717, 1.165) is 0 Å². The molecule has 9 heteroatoms. The maximum absolute atomic E-state index is 12.4. The monoisotopic (exact) mass is 375 g/mol. The third-order valence-electron chi connectivity index (χ3n) is 3.93. The van der Waals surface area contributed by atoms with Crippen molar-refractivity contribution >= 4 is 17.4 Å². The summed E-state index contributed by atoms with van der Waals surface area (Å²) in [6.07, 6.45) is -0.998. The third kappa shape index (κ3) is 4.69. The van der Waals surface area contributed by atoms with Gasteiger partial charge in [0.2, 0.25) is 5.78 Å². The van der Waals surface area contributed by atoms with Crippen LogP contribution in [-0.4, -0.2) is 39.2 Å². The number of rotatable bonds is 8. The van der Waals surface area contributed by atoms with Crippen LogP contribution in [0.1, 0.15) is 35.6 Å². The van der Waals surface area contributed by atoms with Crippen LogP contribution in [0.2, 0.25) is 0 Å². The zero-order valence-corrected chi connectivity index (χ0v) is 15.6. The number of nitro groups is 1. The van der Waals surface area contributed by atoms with E-state index in [0.29, 0.717) is 17.9 Å². The molecule has 0 fully saturated rings. The Hall–Kier alpha value is -3.23. The lowest BCUT2D eigenvalue weighted by molar-refractivity contribution is -0.386. The summed E-state index contributed by atoms with van der Waals surface area (Å²) in [6.45, 7) is 6.52. The minimum absolute atomic E-state index is 0.138. The van der Waals surface area contributed by atoms with E-state index in [1.54, 1.807) is 24.3 Å². The Kier molecular flexibility index (Phi) is 6.27. The van der Waals surface area contributed by atoms with E-state index < -0.39 is 17.0 Å². The van der Waals surface area contributed by atoms with Crippen molar-refractivity contribution in [1.82, 2.24) is 9.78 Å². The summed E-state index contributed by atoms with van der Waals surface area (Å²) in [4.78, 5) is 35.0. The Balaban J connectivity index is 2.02. The van der Waals surface area contributed by atoms with Gasteiger partial charge in [-0.25, -0.2) is 0 Å². The summed E-state index contributed by atoms with van der Waals surface area (Å²) in [7, 11) is 0. The van der Waals surface area contributed by atoms with E-state index in [9.17, 15) is 19.7 Å². The fraction of sp³-hybridized carbons (Fsp3) is 0.389. The first kappa shape index (κ1) is 20.1. The molecular weight excluding hydrogens is 354 g/mol. The lowest BCUT2D eigenvalue weighted by Crippen LogP contribution is -2.27. The predicted molar refractivity (Wildman–Crippen MR) is 95.9 cm³/mol. The molecule has 0 spiro atoms. The molecule has 0 unspecified atom stereocenters. The zero-order chi connectivity index (χ0) is 20.1. The van der Waals surface area contributed by atoms with Crippen molar-refractivity contribution in [2.75, 3.05) is 6.61 Å². The average Bonchev–Trinajstić information content (AvgIpc) is 2.88. The van der Waals surface area contributed by atoms with Crippen molar-refractivity contribution in [2.45, 2.75) is 40.3 Å². The second-order valence-corrected chi connectivity index (χ2v) is 5.89. The average molecular weight is 375 g/mol. The van der Waals surface area contributed by atoms with Gasteiger partial charge in [-0.1, -0.05) is 0 Å². The van der Waals surface area contributed by atoms with Gasteiger partial charge in [0.05, 0.1) is 11.5 Å². The van der Waals surface area contributed by atoms with E-state index in [1.165, 1.54) is 25.5 Å². The van der Waals surface area contributed by atoms with Gasteiger partial charge in [0.1, 0.15) is 23.7 Å². The first-order valence-corrected chi connectivity index (χ1v) is 8.39. The number of ether oxygens (including phenoxy) is 2. The zero-order valence-electron chi connectivity index (χ0n) is 15.6. The molecule has 0 aliphatic rings. The van der Waals surface area contributed by atoms with Crippen molar-refractivity contribution in [3.05, 3.63) is 51.3 Å². The Morgan fingerprint density at radius 1 is 1.26 bits per heavy atom. The molecule has 0 bridgehead atoms. The molecule has 0 aliphatic heterocycles. The molecule has 0 saturated heterocycles. The third-order valence-corrected chi connectivity index (χ3v) is 3.93. The molecule has 1 atom stereocenters. The van der Waals surface area contributed by atoms with Crippen LogP contribution in [-0.2, 0) is 16.1 Å². The van der Waals surface area contributed by atoms with Crippen molar-refractivity contribution in [2.24, 2.45) is 0 Å². The van der Waals surface area contributed by atoms with E-state index in [-0.39, 0.29) is 29.4 Å². The number of Topliss-reactive ketones (excluding diaryl/α,β-unsaturated/α-hetero) is 1. The standard InChI is InChI=1S/C18H21N3O6/c1-5-26-15-8-6-14(7-9-15)18(23)13(4)27-16(22)10-20-12(3)17(21(24)25)11(2)19-20/h6-9,13H,5,10H2,1-4H3/t13-/m0/s1. The topological polar surface area (TPSA) is 114 Å². The van der Waals surface area contributed by atoms with Gasteiger partial charge in [-0.3, -0.25) is 24.4 Å². The van der Waals surface area contributed by atoms with E-state index in [2.05, 4.69) is 5.10 Å². The SMILES string of the molecule is CCOc1ccc(C(=O)[C@H](C)OC(=O)Cn2nc(C)c([N+](=O)[O-])c2C)cc1. The first-order chi connectivity index (χ1) is 12.7. The molecule has 1 heterocycles. The Bertz CT molecular complexity index is 857. The molecule has 9 nitrogen and oxygen atoms in total. The van der Waals surface area contributed by atoms with Gasteiger partial charge in [-0.2, -0.15) is 5.10 Å². The normalized spacial score (nSPS) is 11.7. The molecule has 0 radical (unpaired) electrons. The molecule has 0 amide bonds. The molecule has 144 valence electrons. The molecule has 1 aromatic carbocycles. The quantitative estimate of drug-likeness (QED) is 0.301. The summed E-state index contributed by atoms with van der Waals surface area (Å²) < 4.78 is 11.7. The van der Waals surface area contributed by atoms with Crippen LogP contribution >= 0.6 is 0 Å². The van der Waals surface area contributed by atoms with Gasteiger partial charge < -0.3 is 9.47 Å². The van der Waals surface area contributed by atoms with Crippen LogP contribution in [0.4, 0.5) is 5.69 Å². The Morgan fingerprint density at radius 3 is 2.41 bits per heavy atom. The fourth-order valence-electron chi connectivity index (χ4n) is 2.63. The van der Waals surface area contributed by atoms with Gasteiger partial charge in [-0.15, -0.1) is 0 Å². The van der Waals surface area contributed by atoms with Crippen LogP contribution in [0.15, 0.2) is 24.3 Å². The number of carbonyl (C=O) groups excluding carboxylic acids is 2. The van der Waals surface area contributed by atoms with E-state index in [1.807, 2.05) is 6.92 Å². The van der Waals surface area contributed by atoms with Crippen LogP contribution in [0.25, 0.3) is 0 Å². The number of aromatic nitrogens is 2. The number of hydrogen-bond donors (Lipinski definition) is 0. The highest BCUT2D eigenvalue weighted by Crippen LogP contribution is 2.22. The van der Waals surface area contributed by atoms with Gasteiger partial charge in [0.25, 0.3) is 0 Å². The smallest absolute Gasteiger partial charge is 0.328 e. The fourth-order valence-corrected chi connectivity index (χ4v) is 2.63. The summed E-state index contributed by atoms with van der Waals surface area (Å²) >= 11 is 0. The van der Waals surface area contributed by atoms with Crippen molar-refractivity contribution in [1.29, 1.82) is 0 Å². The molecule has 0 aliphatic carbocycles. The first-order valence-electron chi connectivity index (χ1n) is 8.39. The maximum atomic E-state index is 12.4. The molecular formula is C18H21N3O6. The molecule has 2 aromatic rings. The summed E-state index contributed by atoms with van der Waals surface area (Å²) in [5.41, 5.74) is 0.713. The number of nitrogens with zero attached hydrogens (tertiary/aromatic N) is 3. The van der Waals surface area contributed by atoms with Crippen LogP contribution in [0, 0.1) is 24.0 Å². The minimum Gasteiger partial charge on any atom is -0.494 e. The van der Waals surface area contributed by atoms with Gasteiger partial charge in [-0.05, 0) is 52.0 Å². The minimum atomic E-state index is -0.998. The molecule has 27 heavy (non-hydrogen) atoms. The predicted octanol–water partition coefficient (Wildman–Crippen LogP) is 2.62. The van der Waals surface area contributed by atoms with Crippen LogP contribution in [0.5, 0.6) is 5.75 Å². The second kappa shape index (κ2) is 8.43. The lowest BCUT2D eigenvalue weighted by atomic mass is 10.1. The highest BCUT2D eigenvalue weighted by molar-refractivity contribution is 6.00. The molecule has 2 rings (SSSR count). The number of hydrogen-bond acceptors (Lipinski definition) is 7. The van der Waals surface area contributed by atoms with Crippen molar-refractivity contribution < 1.29 is 24.0 Å². The number of ketones is 1. The Labute approximate surface area is 156 Å². The van der Waals surface area contributed by atoms with E-state index >= 15 is 0 Å². The molecule has 0 N–H and O–H groups in total. The summed E-state index contributed by atoms with van der Waals surface area (Å²) in [5, 5.41) is 15.0. The second-order valence-electron chi connectivity index (χ2n) is 5.89. The van der Waals surface area contributed by atoms with Crippen molar-refractivity contribution in [3.63, 3.8) is 0 Å². The Morgan fingerprint density at radius 2 is 1.89 bits per heavy atom. The van der Waals surface area contributed by atoms with Crippen LogP contribution in [0.3, 0.4) is 0 Å². The van der Waals surface area contributed by atoms with Crippen molar-refractivity contribution in [3.8, 4) is 5.75 Å².